The standard InChI is InChI=1S/C12H14BrN3OS/c1-14-6-5-11-15-16-12(18-11)9-7-8(17-2)3-4-10(9)13/h3-4,7,14H,5-6H2,1-2H3. The number of ether oxygens (including phenoxy) is 1. The summed E-state index contributed by atoms with van der Waals surface area (Å²) in [6.07, 6.45) is 0.899. The molecule has 0 radical (unpaired) electrons. The third-order valence-electron chi connectivity index (χ3n) is 2.46. The van der Waals surface area contributed by atoms with E-state index in [2.05, 4.69) is 31.4 Å². The molecule has 0 aliphatic rings. The normalized spacial score (nSPS) is 10.6. The lowest BCUT2D eigenvalue weighted by molar-refractivity contribution is 0.415. The zero-order valence-electron chi connectivity index (χ0n) is 10.2. The molecular weight excluding hydrogens is 314 g/mol. The second kappa shape index (κ2) is 6.26. The Morgan fingerprint density at radius 1 is 1.39 bits per heavy atom. The highest BCUT2D eigenvalue weighted by atomic mass is 79.9. The van der Waals surface area contributed by atoms with Crippen LogP contribution in [0.5, 0.6) is 5.75 Å². The van der Waals surface area contributed by atoms with E-state index in [9.17, 15) is 0 Å². The molecule has 1 N–H and O–H groups in total. The van der Waals surface area contributed by atoms with Crippen LogP contribution in [0.15, 0.2) is 22.7 Å². The Labute approximate surface area is 119 Å². The van der Waals surface area contributed by atoms with Crippen LogP contribution in [-0.2, 0) is 6.42 Å². The molecule has 0 saturated carbocycles. The first-order valence-corrected chi connectivity index (χ1v) is 7.16. The summed E-state index contributed by atoms with van der Waals surface area (Å²) in [7, 11) is 3.59. The summed E-state index contributed by atoms with van der Waals surface area (Å²) in [6, 6.07) is 5.84. The van der Waals surface area contributed by atoms with Crippen LogP contribution in [0.2, 0.25) is 0 Å². The third kappa shape index (κ3) is 3.07. The first-order chi connectivity index (χ1) is 8.74. The van der Waals surface area contributed by atoms with Gasteiger partial charge in [0.05, 0.1) is 7.11 Å². The van der Waals surface area contributed by atoms with Crippen molar-refractivity contribution < 1.29 is 4.74 Å². The van der Waals surface area contributed by atoms with Crippen LogP contribution in [-0.4, -0.2) is 30.9 Å². The van der Waals surface area contributed by atoms with E-state index in [4.69, 9.17) is 4.74 Å². The third-order valence-corrected chi connectivity index (χ3v) is 4.17. The summed E-state index contributed by atoms with van der Waals surface area (Å²) in [4.78, 5) is 0. The van der Waals surface area contributed by atoms with Gasteiger partial charge in [0.1, 0.15) is 15.8 Å². The Hall–Kier alpha value is -0.980. The molecular formula is C12H14BrN3OS. The topological polar surface area (TPSA) is 47.0 Å². The van der Waals surface area contributed by atoms with Gasteiger partial charge in [-0.2, -0.15) is 0 Å². The van der Waals surface area contributed by atoms with Crippen molar-refractivity contribution in [2.24, 2.45) is 0 Å². The number of halogens is 1. The van der Waals surface area contributed by atoms with E-state index in [-0.39, 0.29) is 0 Å². The summed E-state index contributed by atoms with van der Waals surface area (Å²) in [5.74, 6) is 0.820. The average molecular weight is 328 g/mol. The van der Waals surface area contributed by atoms with Crippen molar-refractivity contribution >= 4 is 27.3 Å². The smallest absolute Gasteiger partial charge is 0.149 e. The maximum absolute atomic E-state index is 5.23. The summed E-state index contributed by atoms with van der Waals surface area (Å²) >= 11 is 5.14. The minimum atomic E-state index is 0.820. The molecule has 1 heterocycles. The molecule has 0 fully saturated rings. The van der Waals surface area contributed by atoms with Crippen LogP contribution in [0.25, 0.3) is 10.6 Å². The molecule has 0 aliphatic carbocycles. The molecule has 0 spiro atoms. The van der Waals surface area contributed by atoms with Crippen LogP contribution in [0.3, 0.4) is 0 Å². The second-order valence-electron chi connectivity index (χ2n) is 3.70. The first kappa shape index (κ1) is 13.5. The molecule has 0 unspecified atom stereocenters. The molecule has 1 aromatic carbocycles. The van der Waals surface area contributed by atoms with Crippen molar-refractivity contribution in [3.05, 3.63) is 27.7 Å². The molecule has 1 aromatic heterocycles. The summed E-state index contributed by atoms with van der Waals surface area (Å²) in [5.41, 5.74) is 1.02. The SMILES string of the molecule is CNCCc1nnc(-c2cc(OC)ccc2Br)s1. The molecule has 4 nitrogen and oxygen atoms in total. The fourth-order valence-electron chi connectivity index (χ4n) is 1.49. The van der Waals surface area contributed by atoms with Gasteiger partial charge < -0.3 is 10.1 Å². The predicted octanol–water partition coefficient (Wildman–Crippen LogP) is 2.74. The minimum absolute atomic E-state index is 0.820. The zero-order chi connectivity index (χ0) is 13.0. The molecule has 6 heteroatoms. The monoisotopic (exact) mass is 327 g/mol. The highest BCUT2D eigenvalue weighted by Gasteiger charge is 2.10. The molecule has 0 atom stereocenters. The lowest BCUT2D eigenvalue weighted by Crippen LogP contribution is -2.09. The van der Waals surface area contributed by atoms with Crippen LogP contribution in [0, 0.1) is 0 Å². The molecule has 0 saturated heterocycles. The predicted molar refractivity (Wildman–Crippen MR) is 77.2 cm³/mol. The van der Waals surface area contributed by atoms with Crippen molar-refractivity contribution in [1.29, 1.82) is 0 Å². The number of likely N-dealkylation sites (N-methyl/N-ethyl adjacent to an activating group) is 1. The number of aromatic nitrogens is 2. The number of hydrogen-bond acceptors (Lipinski definition) is 5. The summed E-state index contributed by atoms with van der Waals surface area (Å²) in [5, 5.41) is 13.5. The molecule has 2 aromatic rings. The quantitative estimate of drug-likeness (QED) is 0.917. The number of methoxy groups -OCH3 is 1. The minimum Gasteiger partial charge on any atom is -0.497 e. The van der Waals surface area contributed by atoms with Gasteiger partial charge in [-0.1, -0.05) is 27.3 Å². The van der Waals surface area contributed by atoms with Crippen LogP contribution in [0.1, 0.15) is 5.01 Å². The van der Waals surface area contributed by atoms with E-state index in [1.54, 1.807) is 18.4 Å². The first-order valence-electron chi connectivity index (χ1n) is 5.55. The van der Waals surface area contributed by atoms with E-state index in [0.29, 0.717) is 0 Å². The van der Waals surface area contributed by atoms with Gasteiger partial charge in [-0.25, -0.2) is 0 Å². The Morgan fingerprint density at radius 3 is 2.94 bits per heavy atom. The molecule has 0 bridgehead atoms. The van der Waals surface area contributed by atoms with Gasteiger partial charge in [0.2, 0.25) is 0 Å². The maximum Gasteiger partial charge on any atom is 0.149 e. The molecule has 0 amide bonds. The number of nitrogens with zero attached hydrogens (tertiary/aromatic N) is 2. The molecule has 18 heavy (non-hydrogen) atoms. The van der Waals surface area contributed by atoms with Gasteiger partial charge in [0, 0.05) is 23.0 Å². The van der Waals surface area contributed by atoms with Crippen molar-refractivity contribution in [1.82, 2.24) is 15.5 Å². The number of nitrogens with one attached hydrogen (secondary N) is 1. The Morgan fingerprint density at radius 2 is 2.22 bits per heavy atom. The van der Waals surface area contributed by atoms with Crippen LogP contribution >= 0.6 is 27.3 Å². The number of benzene rings is 1. The maximum atomic E-state index is 5.23. The summed E-state index contributed by atoms with van der Waals surface area (Å²) in [6.45, 7) is 0.911. The Balaban J connectivity index is 2.27. The lowest BCUT2D eigenvalue weighted by Gasteiger charge is -2.03. The highest BCUT2D eigenvalue weighted by Crippen LogP contribution is 2.33. The van der Waals surface area contributed by atoms with E-state index in [1.165, 1.54) is 0 Å². The van der Waals surface area contributed by atoms with Gasteiger partial charge >= 0.3 is 0 Å². The van der Waals surface area contributed by atoms with Gasteiger partial charge in [-0.3, -0.25) is 0 Å². The highest BCUT2D eigenvalue weighted by molar-refractivity contribution is 9.10. The largest absolute Gasteiger partial charge is 0.497 e. The van der Waals surface area contributed by atoms with Crippen LogP contribution in [0.4, 0.5) is 0 Å². The second-order valence-corrected chi connectivity index (χ2v) is 5.62. The average Bonchev–Trinajstić information content (AvgIpc) is 2.85. The van der Waals surface area contributed by atoms with Crippen molar-refractivity contribution in [3.63, 3.8) is 0 Å². The van der Waals surface area contributed by atoms with Crippen molar-refractivity contribution in [2.75, 3.05) is 20.7 Å². The van der Waals surface area contributed by atoms with Crippen LogP contribution < -0.4 is 10.1 Å². The van der Waals surface area contributed by atoms with E-state index in [0.717, 1.165) is 38.8 Å². The molecule has 0 aliphatic heterocycles. The lowest BCUT2D eigenvalue weighted by atomic mass is 10.2. The fourth-order valence-corrected chi connectivity index (χ4v) is 2.93. The molecule has 2 rings (SSSR count). The van der Waals surface area contributed by atoms with Gasteiger partial charge in [-0.05, 0) is 25.2 Å². The fraction of sp³-hybridized carbons (Fsp3) is 0.333. The van der Waals surface area contributed by atoms with E-state index >= 15 is 0 Å². The van der Waals surface area contributed by atoms with Gasteiger partial charge in [0.15, 0.2) is 0 Å². The van der Waals surface area contributed by atoms with E-state index < -0.39 is 0 Å². The van der Waals surface area contributed by atoms with E-state index in [1.807, 2.05) is 25.2 Å². The van der Waals surface area contributed by atoms with Crippen molar-refractivity contribution in [2.45, 2.75) is 6.42 Å². The molecule has 96 valence electrons. The number of hydrogen-bond donors (Lipinski definition) is 1. The van der Waals surface area contributed by atoms with Gasteiger partial charge in [0.25, 0.3) is 0 Å². The summed E-state index contributed by atoms with van der Waals surface area (Å²) < 4.78 is 6.23. The Kier molecular flexibility index (Phi) is 4.68. The number of rotatable bonds is 5. The van der Waals surface area contributed by atoms with Crippen molar-refractivity contribution in [3.8, 4) is 16.3 Å². The zero-order valence-corrected chi connectivity index (χ0v) is 12.6. The Bertz CT molecular complexity index is 530. The van der Waals surface area contributed by atoms with Gasteiger partial charge in [-0.15, -0.1) is 10.2 Å².